The highest BCUT2D eigenvalue weighted by Crippen LogP contribution is 2.12. The van der Waals surface area contributed by atoms with E-state index in [9.17, 15) is 4.79 Å². The van der Waals surface area contributed by atoms with Gasteiger partial charge in [0.25, 0.3) is 0 Å². The second-order valence-electron chi connectivity index (χ2n) is 4.40. The van der Waals surface area contributed by atoms with Gasteiger partial charge in [0.15, 0.2) is 0 Å². The Morgan fingerprint density at radius 1 is 1.56 bits per heavy atom. The molecule has 0 amide bonds. The van der Waals surface area contributed by atoms with Crippen molar-refractivity contribution in [3.8, 4) is 11.8 Å². The Kier molecular flexibility index (Phi) is 3.73. The number of methoxy groups -OCH3 is 1. The molecule has 0 aliphatic rings. The molecule has 0 radical (unpaired) electrons. The molecule has 0 saturated heterocycles. The van der Waals surface area contributed by atoms with Crippen LogP contribution in [0.1, 0.15) is 32.8 Å². The van der Waals surface area contributed by atoms with Crippen molar-refractivity contribution in [3.63, 3.8) is 0 Å². The van der Waals surface area contributed by atoms with Crippen molar-refractivity contribution in [1.29, 1.82) is 0 Å². The molecular formula is C12H16N2O2. The Labute approximate surface area is 95.6 Å². The molecule has 0 fully saturated rings. The second kappa shape index (κ2) is 4.84. The lowest BCUT2D eigenvalue weighted by molar-refractivity contribution is -0.139. The Morgan fingerprint density at radius 2 is 2.25 bits per heavy atom. The van der Waals surface area contributed by atoms with Crippen molar-refractivity contribution in [1.82, 2.24) is 9.78 Å². The number of carbonyl (C=O) groups is 1. The molecule has 4 heteroatoms. The summed E-state index contributed by atoms with van der Waals surface area (Å²) in [6, 6.07) is 0. The highest BCUT2D eigenvalue weighted by atomic mass is 16.5. The predicted molar refractivity (Wildman–Crippen MR) is 60.7 cm³/mol. The maximum atomic E-state index is 10.8. The summed E-state index contributed by atoms with van der Waals surface area (Å²) in [7, 11) is 1.35. The number of esters is 1. The number of hydrogen-bond acceptors (Lipinski definition) is 3. The summed E-state index contributed by atoms with van der Waals surface area (Å²) >= 11 is 0. The third-order valence-electron chi connectivity index (χ3n) is 1.96. The van der Waals surface area contributed by atoms with E-state index < -0.39 is 0 Å². The molecule has 1 aromatic rings. The first-order valence-electron chi connectivity index (χ1n) is 5.04. The van der Waals surface area contributed by atoms with Crippen LogP contribution in [0.15, 0.2) is 12.4 Å². The molecule has 0 bridgehead atoms. The van der Waals surface area contributed by atoms with Gasteiger partial charge in [-0.2, -0.15) is 5.10 Å². The fraction of sp³-hybridized carbons (Fsp3) is 0.500. The van der Waals surface area contributed by atoms with Gasteiger partial charge in [-0.3, -0.25) is 9.48 Å². The summed E-state index contributed by atoms with van der Waals surface area (Å²) in [5.74, 6) is 5.28. The van der Waals surface area contributed by atoms with Crippen LogP contribution in [0.25, 0.3) is 0 Å². The maximum absolute atomic E-state index is 10.8. The molecule has 0 saturated carbocycles. The van der Waals surface area contributed by atoms with Crippen LogP contribution in [0.5, 0.6) is 0 Å². The van der Waals surface area contributed by atoms with Gasteiger partial charge in [-0.15, -0.1) is 0 Å². The van der Waals surface area contributed by atoms with Gasteiger partial charge in [0, 0.05) is 6.20 Å². The molecule has 4 nitrogen and oxygen atoms in total. The summed E-state index contributed by atoms with van der Waals surface area (Å²) < 4.78 is 6.33. The molecule has 1 aromatic heterocycles. The van der Waals surface area contributed by atoms with E-state index in [1.807, 2.05) is 10.9 Å². The molecule has 0 aliphatic carbocycles. The standard InChI is InChI=1S/C12H16N2O2/c1-12(2,3)14-9-10(8-13-14)6-5-7-11(15)16-4/h8-9H,7H2,1-4H3. The lowest BCUT2D eigenvalue weighted by Gasteiger charge is -2.18. The van der Waals surface area contributed by atoms with Gasteiger partial charge in [-0.25, -0.2) is 0 Å². The van der Waals surface area contributed by atoms with Crippen LogP contribution in [0.3, 0.4) is 0 Å². The van der Waals surface area contributed by atoms with E-state index >= 15 is 0 Å². The minimum absolute atomic E-state index is 0.0533. The lowest BCUT2D eigenvalue weighted by Crippen LogP contribution is -2.21. The molecule has 0 N–H and O–H groups in total. The highest BCUT2D eigenvalue weighted by molar-refractivity contribution is 5.72. The lowest BCUT2D eigenvalue weighted by atomic mass is 10.1. The molecule has 0 atom stereocenters. The summed E-state index contributed by atoms with van der Waals surface area (Å²) in [5, 5.41) is 4.20. The molecule has 0 aliphatic heterocycles. The normalized spacial score (nSPS) is 10.5. The smallest absolute Gasteiger partial charge is 0.317 e. The minimum atomic E-state index is -0.323. The van der Waals surface area contributed by atoms with Crippen molar-refractivity contribution in [2.45, 2.75) is 32.7 Å². The second-order valence-corrected chi connectivity index (χ2v) is 4.40. The van der Waals surface area contributed by atoms with E-state index in [0.717, 1.165) is 5.56 Å². The highest BCUT2D eigenvalue weighted by Gasteiger charge is 2.13. The van der Waals surface area contributed by atoms with Crippen molar-refractivity contribution in [3.05, 3.63) is 18.0 Å². The quantitative estimate of drug-likeness (QED) is 0.533. The largest absolute Gasteiger partial charge is 0.468 e. The van der Waals surface area contributed by atoms with E-state index in [1.54, 1.807) is 6.20 Å². The number of carbonyl (C=O) groups excluding carboxylic acids is 1. The Bertz CT molecular complexity index is 430. The molecule has 86 valence electrons. The Hall–Kier alpha value is -1.76. The first-order chi connectivity index (χ1) is 7.43. The monoisotopic (exact) mass is 220 g/mol. The maximum Gasteiger partial charge on any atom is 0.317 e. The average molecular weight is 220 g/mol. The minimum Gasteiger partial charge on any atom is -0.468 e. The Balaban J connectivity index is 2.69. The first kappa shape index (κ1) is 12.3. The van der Waals surface area contributed by atoms with Gasteiger partial charge >= 0.3 is 5.97 Å². The summed E-state index contributed by atoms with van der Waals surface area (Å²) in [6.45, 7) is 6.18. The van der Waals surface area contributed by atoms with Gasteiger partial charge in [-0.05, 0) is 20.8 Å². The predicted octanol–water partition coefficient (Wildman–Crippen LogP) is 1.55. The van der Waals surface area contributed by atoms with Crippen molar-refractivity contribution in [2.75, 3.05) is 7.11 Å². The molecule has 1 rings (SSSR count). The molecule has 1 heterocycles. The van der Waals surface area contributed by atoms with Gasteiger partial charge < -0.3 is 4.74 Å². The number of hydrogen-bond donors (Lipinski definition) is 0. The van der Waals surface area contributed by atoms with Gasteiger partial charge in [-0.1, -0.05) is 11.8 Å². The zero-order chi connectivity index (χ0) is 12.2. The third-order valence-corrected chi connectivity index (χ3v) is 1.96. The van der Waals surface area contributed by atoms with Crippen LogP contribution in [0.2, 0.25) is 0 Å². The zero-order valence-electron chi connectivity index (χ0n) is 10.1. The molecule has 0 spiro atoms. The van der Waals surface area contributed by atoms with Crippen LogP contribution >= 0.6 is 0 Å². The number of aromatic nitrogens is 2. The number of rotatable bonds is 1. The van der Waals surface area contributed by atoms with Crippen molar-refractivity contribution < 1.29 is 9.53 Å². The van der Waals surface area contributed by atoms with Crippen LogP contribution in [0.4, 0.5) is 0 Å². The summed E-state index contributed by atoms with van der Waals surface area (Å²) in [6.07, 6.45) is 3.66. The van der Waals surface area contributed by atoms with Crippen LogP contribution in [-0.4, -0.2) is 22.9 Å². The van der Waals surface area contributed by atoms with Crippen molar-refractivity contribution in [2.24, 2.45) is 0 Å². The summed E-state index contributed by atoms with van der Waals surface area (Å²) in [5.41, 5.74) is 0.751. The molecule has 0 aromatic carbocycles. The fourth-order valence-corrected chi connectivity index (χ4v) is 1.04. The van der Waals surface area contributed by atoms with Crippen LogP contribution < -0.4 is 0 Å². The van der Waals surface area contributed by atoms with E-state index in [0.29, 0.717) is 0 Å². The number of ether oxygens (including phenoxy) is 1. The van der Waals surface area contributed by atoms with Crippen molar-refractivity contribution >= 4 is 5.97 Å². The van der Waals surface area contributed by atoms with E-state index in [-0.39, 0.29) is 17.9 Å². The summed E-state index contributed by atoms with van der Waals surface area (Å²) in [4.78, 5) is 10.8. The number of nitrogens with zero attached hydrogens (tertiary/aromatic N) is 2. The average Bonchev–Trinajstić information content (AvgIpc) is 2.65. The zero-order valence-corrected chi connectivity index (χ0v) is 10.1. The molecule has 0 unspecified atom stereocenters. The third kappa shape index (κ3) is 3.43. The fourth-order valence-electron chi connectivity index (χ4n) is 1.04. The Morgan fingerprint density at radius 3 is 2.75 bits per heavy atom. The van der Waals surface area contributed by atoms with Gasteiger partial charge in [0.05, 0.1) is 24.4 Å². The molecular weight excluding hydrogens is 204 g/mol. The van der Waals surface area contributed by atoms with Crippen LogP contribution in [-0.2, 0) is 15.1 Å². The van der Waals surface area contributed by atoms with Gasteiger partial charge in [0.2, 0.25) is 0 Å². The van der Waals surface area contributed by atoms with Gasteiger partial charge in [0.1, 0.15) is 6.42 Å². The topological polar surface area (TPSA) is 44.1 Å². The van der Waals surface area contributed by atoms with E-state index in [2.05, 4.69) is 42.4 Å². The van der Waals surface area contributed by atoms with E-state index in [1.165, 1.54) is 7.11 Å². The SMILES string of the molecule is COC(=O)CC#Cc1cnn(C(C)(C)C)c1. The molecule has 16 heavy (non-hydrogen) atoms. The first-order valence-corrected chi connectivity index (χ1v) is 5.04. The van der Waals surface area contributed by atoms with Crippen LogP contribution in [0, 0.1) is 11.8 Å². The van der Waals surface area contributed by atoms with E-state index in [4.69, 9.17) is 0 Å².